The van der Waals surface area contributed by atoms with Crippen LogP contribution in [0.5, 0.6) is 0 Å². The van der Waals surface area contributed by atoms with Crippen LogP contribution in [0, 0.1) is 6.92 Å². The molecule has 0 atom stereocenters. The first-order chi connectivity index (χ1) is 9.20. The second-order valence-electron chi connectivity index (χ2n) is 5.03. The third kappa shape index (κ3) is 2.34. The maximum Gasteiger partial charge on any atom is 0.255 e. The van der Waals surface area contributed by atoms with Crippen molar-refractivity contribution in [3.63, 3.8) is 0 Å². The fourth-order valence-electron chi connectivity index (χ4n) is 2.19. The van der Waals surface area contributed by atoms with E-state index in [4.69, 9.17) is 0 Å². The average Bonchev–Trinajstić information content (AvgIpc) is 3.21. The van der Waals surface area contributed by atoms with E-state index >= 15 is 0 Å². The zero-order valence-electron chi connectivity index (χ0n) is 10.8. The second kappa shape index (κ2) is 4.46. The summed E-state index contributed by atoms with van der Waals surface area (Å²) in [4.78, 5) is 19.9. The highest BCUT2D eigenvalue weighted by molar-refractivity contribution is 5.94. The summed E-state index contributed by atoms with van der Waals surface area (Å²) in [6, 6.07) is 8.33. The highest BCUT2D eigenvalue weighted by Crippen LogP contribution is 2.45. The van der Waals surface area contributed by atoms with Crippen molar-refractivity contribution in [1.82, 2.24) is 15.3 Å². The summed E-state index contributed by atoms with van der Waals surface area (Å²) in [5, 5.41) is 3.10. The van der Waals surface area contributed by atoms with Crippen LogP contribution in [-0.2, 0) is 5.54 Å². The molecule has 1 saturated carbocycles. The standard InChI is InChI=1S/C15H15N3O/c1-11-2-4-13(5-3-11)15(6-7-15)18-14(19)12-8-16-10-17-9-12/h2-5,8-10H,6-7H2,1H3,(H,18,19). The van der Waals surface area contributed by atoms with Crippen molar-refractivity contribution in [3.05, 3.63) is 59.7 Å². The molecule has 0 unspecified atom stereocenters. The van der Waals surface area contributed by atoms with Gasteiger partial charge in [0.2, 0.25) is 0 Å². The summed E-state index contributed by atoms with van der Waals surface area (Å²) in [6.45, 7) is 2.06. The van der Waals surface area contributed by atoms with Gasteiger partial charge in [-0.25, -0.2) is 9.97 Å². The SMILES string of the molecule is Cc1ccc(C2(NC(=O)c3cncnc3)CC2)cc1. The third-order valence-electron chi connectivity index (χ3n) is 3.53. The molecule has 3 rings (SSSR count). The van der Waals surface area contributed by atoms with Gasteiger partial charge in [-0.2, -0.15) is 0 Å². The summed E-state index contributed by atoms with van der Waals surface area (Å²) in [5.41, 5.74) is 2.70. The largest absolute Gasteiger partial charge is 0.342 e. The predicted molar refractivity (Wildman–Crippen MR) is 71.6 cm³/mol. The maximum absolute atomic E-state index is 12.1. The first kappa shape index (κ1) is 11.8. The molecule has 1 aromatic heterocycles. The Morgan fingerprint density at radius 1 is 1.16 bits per heavy atom. The van der Waals surface area contributed by atoms with Gasteiger partial charge in [0.15, 0.2) is 0 Å². The summed E-state index contributed by atoms with van der Waals surface area (Å²) >= 11 is 0. The maximum atomic E-state index is 12.1. The number of hydrogen-bond acceptors (Lipinski definition) is 3. The van der Waals surface area contributed by atoms with Crippen molar-refractivity contribution in [2.24, 2.45) is 0 Å². The molecule has 4 heteroatoms. The lowest BCUT2D eigenvalue weighted by Gasteiger charge is -2.18. The van der Waals surface area contributed by atoms with E-state index in [0.29, 0.717) is 5.56 Å². The molecular formula is C15H15N3O. The normalized spacial score (nSPS) is 15.8. The average molecular weight is 253 g/mol. The molecule has 0 radical (unpaired) electrons. The van der Waals surface area contributed by atoms with Crippen LogP contribution in [-0.4, -0.2) is 15.9 Å². The number of carbonyl (C=O) groups excluding carboxylic acids is 1. The summed E-state index contributed by atoms with van der Waals surface area (Å²) in [6.07, 6.45) is 6.45. The number of aryl methyl sites for hydroxylation is 1. The van der Waals surface area contributed by atoms with E-state index in [0.717, 1.165) is 12.8 Å². The van der Waals surface area contributed by atoms with Crippen LogP contribution in [0.2, 0.25) is 0 Å². The Labute approximate surface area is 111 Å². The van der Waals surface area contributed by atoms with E-state index in [-0.39, 0.29) is 11.4 Å². The molecule has 19 heavy (non-hydrogen) atoms. The molecule has 0 spiro atoms. The summed E-state index contributed by atoms with van der Waals surface area (Å²) < 4.78 is 0. The Kier molecular flexibility index (Phi) is 2.78. The minimum absolute atomic E-state index is 0.112. The van der Waals surface area contributed by atoms with E-state index in [1.807, 2.05) is 0 Å². The van der Waals surface area contributed by atoms with Gasteiger partial charge in [-0.05, 0) is 25.3 Å². The number of rotatable bonds is 3. The Morgan fingerprint density at radius 3 is 2.37 bits per heavy atom. The van der Waals surface area contributed by atoms with Gasteiger partial charge in [-0.15, -0.1) is 0 Å². The van der Waals surface area contributed by atoms with Crippen molar-refractivity contribution in [2.45, 2.75) is 25.3 Å². The zero-order valence-corrected chi connectivity index (χ0v) is 10.8. The van der Waals surface area contributed by atoms with Gasteiger partial charge < -0.3 is 5.32 Å². The van der Waals surface area contributed by atoms with Gasteiger partial charge in [-0.3, -0.25) is 4.79 Å². The summed E-state index contributed by atoms with van der Waals surface area (Å²) in [7, 11) is 0. The molecule has 1 heterocycles. The lowest BCUT2D eigenvalue weighted by molar-refractivity contribution is 0.0930. The lowest BCUT2D eigenvalue weighted by Crippen LogP contribution is -2.34. The van der Waals surface area contributed by atoms with Crippen LogP contribution >= 0.6 is 0 Å². The molecule has 1 aliphatic rings. The van der Waals surface area contributed by atoms with Gasteiger partial charge in [0, 0.05) is 12.4 Å². The second-order valence-corrected chi connectivity index (χ2v) is 5.03. The molecule has 1 amide bonds. The minimum atomic E-state index is -0.194. The molecule has 0 bridgehead atoms. The van der Waals surface area contributed by atoms with E-state index in [1.165, 1.54) is 29.8 Å². The monoisotopic (exact) mass is 253 g/mol. The summed E-state index contributed by atoms with van der Waals surface area (Å²) in [5.74, 6) is -0.112. The molecular weight excluding hydrogens is 238 g/mol. The van der Waals surface area contributed by atoms with Crippen LogP contribution in [0.4, 0.5) is 0 Å². The van der Waals surface area contributed by atoms with E-state index in [9.17, 15) is 4.79 Å². The molecule has 1 aromatic carbocycles. The number of nitrogens with one attached hydrogen (secondary N) is 1. The molecule has 1 N–H and O–H groups in total. The highest BCUT2D eigenvalue weighted by atomic mass is 16.1. The van der Waals surface area contributed by atoms with E-state index < -0.39 is 0 Å². The van der Waals surface area contributed by atoms with Crippen molar-refractivity contribution in [1.29, 1.82) is 0 Å². The molecule has 1 fully saturated rings. The molecule has 1 aliphatic carbocycles. The van der Waals surface area contributed by atoms with Crippen molar-refractivity contribution < 1.29 is 4.79 Å². The van der Waals surface area contributed by atoms with Crippen LogP contribution in [0.15, 0.2) is 43.0 Å². The zero-order chi connectivity index (χ0) is 13.3. The van der Waals surface area contributed by atoms with Crippen LogP contribution < -0.4 is 5.32 Å². The quantitative estimate of drug-likeness (QED) is 0.912. The Hall–Kier alpha value is -2.23. The number of carbonyl (C=O) groups is 1. The number of hydrogen-bond donors (Lipinski definition) is 1. The van der Waals surface area contributed by atoms with Crippen molar-refractivity contribution >= 4 is 5.91 Å². The molecule has 4 nitrogen and oxygen atoms in total. The molecule has 96 valence electrons. The number of aromatic nitrogens is 2. The number of benzene rings is 1. The predicted octanol–water partition coefficient (Wildman–Crippen LogP) is 2.20. The lowest BCUT2D eigenvalue weighted by atomic mass is 10.0. The molecule has 0 saturated heterocycles. The number of nitrogens with zero attached hydrogens (tertiary/aromatic N) is 2. The minimum Gasteiger partial charge on any atom is -0.342 e. The topological polar surface area (TPSA) is 54.9 Å². The highest BCUT2D eigenvalue weighted by Gasteiger charge is 2.45. The first-order valence-corrected chi connectivity index (χ1v) is 6.34. The smallest absolute Gasteiger partial charge is 0.255 e. The van der Waals surface area contributed by atoms with Crippen molar-refractivity contribution in [3.8, 4) is 0 Å². The molecule has 0 aliphatic heterocycles. The Balaban J connectivity index is 1.79. The Morgan fingerprint density at radius 2 is 1.79 bits per heavy atom. The third-order valence-corrected chi connectivity index (χ3v) is 3.53. The fraction of sp³-hybridized carbons (Fsp3) is 0.267. The Bertz CT molecular complexity index is 589. The van der Waals surface area contributed by atoms with Crippen molar-refractivity contribution in [2.75, 3.05) is 0 Å². The molecule has 2 aromatic rings. The first-order valence-electron chi connectivity index (χ1n) is 6.34. The fourth-order valence-corrected chi connectivity index (χ4v) is 2.19. The van der Waals surface area contributed by atoms with Gasteiger partial charge in [-0.1, -0.05) is 29.8 Å². The van der Waals surface area contributed by atoms with Crippen LogP contribution in [0.1, 0.15) is 34.3 Å². The van der Waals surface area contributed by atoms with Gasteiger partial charge in [0.25, 0.3) is 5.91 Å². The van der Waals surface area contributed by atoms with Gasteiger partial charge >= 0.3 is 0 Å². The van der Waals surface area contributed by atoms with Gasteiger partial charge in [0.1, 0.15) is 6.33 Å². The van der Waals surface area contributed by atoms with Crippen LogP contribution in [0.25, 0.3) is 0 Å². The van der Waals surface area contributed by atoms with E-state index in [2.05, 4.69) is 46.5 Å². The van der Waals surface area contributed by atoms with Gasteiger partial charge in [0.05, 0.1) is 11.1 Å². The van der Waals surface area contributed by atoms with Crippen LogP contribution in [0.3, 0.4) is 0 Å². The number of amides is 1. The van der Waals surface area contributed by atoms with E-state index in [1.54, 1.807) is 0 Å².